The standard InChI is InChI=1S/C6H11N5S/c1-2-8-6(7)9-3-5-4-10-11-12-5/h4H,2-3H2,1H3,(H3,7,8,9). The molecule has 0 aromatic carbocycles. The lowest BCUT2D eigenvalue weighted by Crippen LogP contribution is -2.31. The minimum atomic E-state index is 0.464. The Labute approximate surface area is 74.9 Å². The van der Waals surface area contributed by atoms with Gasteiger partial charge in [0, 0.05) is 6.54 Å². The van der Waals surface area contributed by atoms with E-state index in [4.69, 9.17) is 5.73 Å². The Morgan fingerprint density at radius 1 is 1.83 bits per heavy atom. The lowest BCUT2D eigenvalue weighted by Gasteiger charge is -1.99. The molecule has 1 aromatic rings. The highest BCUT2D eigenvalue weighted by atomic mass is 32.1. The maximum atomic E-state index is 5.50. The van der Waals surface area contributed by atoms with Crippen LogP contribution in [-0.4, -0.2) is 22.1 Å². The van der Waals surface area contributed by atoms with E-state index >= 15 is 0 Å². The van der Waals surface area contributed by atoms with E-state index in [1.807, 2.05) is 6.92 Å². The van der Waals surface area contributed by atoms with E-state index in [1.54, 1.807) is 6.20 Å². The molecule has 0 saturated heterocycles. The van der Waals surface area contributed by atoms with Gasteiger partial charge >= 0.3 is 0 Å². The molecule has 0 fully saturated rings. The largest absolute Gasteiger partial charge is 0.370 e. The zero-order valence-electron chi connectivity index (χ0n) is 6.82. The molecule has 0 aliphatic rings. The van der Waals surface area contributed by atoms with Crippen molar-refractivity contribution < 1.29 is 0 Å². The first-order chi connectivity index (χ1) is 5.83. The predicted octanol–water partition coefficient (Wildman–Crippen LogP) is -0.0377. The van der Waals surface area contributed by atoms with Crippen LogP contribution in [0.3, 0.4) is 0 Å². The van der Waals surface area contributed by atoms with Crippen LogP contribution in [0, 0.1) is 0 Å². The lowest BCUT2D eigenvalue weighted by atomic mass is 10.5. The van der Waals surface area contributed by atoms with Gasteiger partial charge in [-0.1, -0.05) is 4.49 Å². The molecular formula is C6H11N5S. The van der Waals surface area contributed by atoms with Crippen molar-refractivity contribution in [3.8, 4) is 0 Å². The minimum Gasteiger partial charge on any atom is -0.370 e. The van der Waals surface area contributed by atoms with E-state index in [0.717, 1.165) is 11.4 Å². The number of hydrogen-bond donors (Lipinski definition) is 2. The summed E-state index contributed by atoms with van der Waals surface area (Å²) in [6.07, 6.45) is 1.69. The fraction of sp³-hybridized carbons (Fsp3) is 0.500. The van der Waals surface area contributed by atoms with Crippen LogP contribution in [0.2, 0.25) is 0 Å². The summed E-state index contributed by atoms with van der Waals surface area (Å²) in [4.78, 5) is 5.08. The van der Waals surface area contributed by atoms with Crippen LogP contribution in [0.15, 0.2) is 11.2 Å². The van der Waals surface area contributed by atoms with Crippen molar-refractivity contribution >= 4 is 17.5 Å². The summed E-state index contributed by atoms with van der Waals surface area (Å²) in [6.45, 7) is 3.31. The molecule has 0 atom stereocenters. The van der Waals surface area contributed by atoms with Crippen molar-refractivity contribution in [1.29, 1.82) is 0 Å². The predicted molar refractivity (Wildman–Crippen MR) is 48.9 cm³/mol. The number of rotatable bonds is 3. The van der Waals surface area contributed by atoms with E-state index in [0.29, 0.717) is 12.5 Å². The Bertz CT molecular complexity index is 242. The highest BCUT2D eigenvalue weighted by Crippen LogP contribution is 2.02. The Morgan fingerprint density at radius 2 is 2.67 bits per heavy atom. The zero-order valence-corrected chi connectivity index (χ0v) is 7.64. The van der Waals surface area contributed by atoms with E-state index in [2.05, 4.69) is 19.9 Å². The first-order valence-electron chi connectivity index (χ1n) is 3.63. The first-order valence-corrected chi connectivity index (χ1v) is 4.40. The third kappa shape index (κ3) is 2.83. The second-order valence-corrected chi connectivity index (χ2v) is 2.99. The first kappa shape index (κ1) is 8.92. The van der Waals surface area contributed by atoms with E-state index in [1.165, 1.54) is 11.5 Å². The molecule has 12 heavy (non-hydrogen) atoms. The number of aliphatic imine (C=N–C) groups is 1. The number of nitrogens with one attached hydrogen (secondary N) is 1. The van der Waals surface area contributed by atoms with Crippen LogP contribution in [0.25, 0.3) is 0 Å². The third-order valence-electron chi connectivity index (χ3n) is 1.17. The average Bonchev–Trinajstić information content (AvgIpc) is 2.53. The van der Waals surface area contributed by atoms with Crippen LogP contribution >= 0.6 is 11.5 Å². The summed E-state index contributed by atoms with van der Waals surface area (Å²) >= 11 is 1.33. The molecule has 0 amide bonds. The minimum absolute atomic E-state index is 0.464. The molecule has 1 heterocycles. The summed E-state index contributed by atoms with van der Waals surface area (Å²) < 4.78 is 3.71. The van der Waals surface area contributed by atoms with Gasteiger partial charge in [-0.15, -0.1) is 5.10 Å². The fourth-order valence-electron chi connectivity index (χ4n) is 0.657. The maximum absolute atomic E-state index is 5.50. The Morgan fingerprint density at radius 3 is 3.25 bits per heavy atom. The Hall–Kier alpha value is -1.17. The number of nitrogens with two attached hydrogens (primary N) is 1. The quantitative estimate of drug-likeness (QED) is 0.512. The molecule has 0 saturated carbocycles. The van der Waals surface area contributed by atoms with Crippen molar-refractivity contribution in [2.45, 2.75) is 13.5 Å². The average molecular weight is 185 g/mol. The van der Waals surface area contributed by atoms with Crippen molar-refractivity contribution in [3.05, 3.63) is 11.1 Å². The summed E-state index contributed by atoms with van der Waals surface area (Å²) in [5.74, 6) is 0.464. The van der Waals surface area contributed by atoms with Crippen molar-refractivity contribution in [2.75, 3.05) is 6.54 Å². The van der Waals surface area contributed by atoms with Crippen LogP contribution in [0.4, 0.5) is 0 Å². The molecule has 0 aliphatic heterocycles. The van der Waals surface area contributed by atoms with Gasteiger partial charge < -0.3 is 11.1 Å². The Balaban J connectivity index is 2.38. The second kappa shape index (κ2) is 4.66. The second-order valence-electron chi connectivity index (χ2n) is 2.12. The van der Waals surface area contributed by atoms with Crippen LogP contribution < -0.4 is 11.1 Å². The topological polar surface area (TPSA) is 76.2 Å². The van der Waals surface area contributed by atoms with Crippen molar-refractivity contribution in [2.24, 2.45) is 10.7 Å². The van der Waals surface area contributed by atoms with Gasteiger partial charge in [0.05, 0.1) is 17.6 Å². The van der Waals surface area contributed by atoms with E-state index in [-0.39, 0.29) is 0 Å². The lowest BCUT2D eigenvalue weighted by molar-refractivity contribution is 0.928. The van der Waals surface area contributed by atoms with Crippen LogP contribution in [0.1, 0.15) is 11.8 Å². The highest BCUT2D eigenvalue weighted by molar-refractivity contribution is 7.05. The van der Waals surface area contributed by atoms with Crippen LogP contribution in [-0.2, 0) is 6.54 Å². The van der Waals surface area contributed by atoms with Gasteiger partial charge in [0.2, 0.25) is 0 Å². The molecular weight excluding hydrogens is 174 g/mol. The summed E-state index contributed by atoms with van der Waals surface area (Å²) in [5.41, 5.74) is 5.50. The van der Waals surface area contributed by atoms with Crippen molar-refractivity contribution in [3.63, 3.8) is 0 Å². The molecule has 1 rings (SSSR count). The number of aromatic nitrogens is 2. The summed E-state index contributed by atoms with van der Waals surface area (Å²) in [6, 6.07) is 0. The molecule has 0 radical (unpaired) electrons. The third-order valence-corrected chi connectivity index (χ3v) is 1.82. The fourth-order valence-corrected chi connectivity index (χ4v) is 1.07. The van der Waals surface area contributed by atoms with Gasteiger partial charge in [-0.3, -0.25) is 0 Å². The van der Waals surface area contributed by atoms with Gasteiger partial charge in [0.15, 0.2) is 5.96 Å². The normalized spacial score (nSPS) is 11.6. The zero-order chi connectivity index (χ0) is 8.81. The van der Waals surface area contributed by atoms with Gasteiger partial charge in [-0.2, -0.15) is 0 Å². The number of guanidine groups is 1. The molecule has 0 bridgehead atoms. The van der Waals surface area contributed by atoms with Crippen molar-refractivity contribution in [1.82, 2.24) is 14.9 Å². The number of hydrogen-bond acceptors (Lipinski definition) is 4. The van der Waals surface area contributed by atoms with Gasteiger partial charge in [-0.25, -0.2) is 4.99 Å². The summed E-state index contributed by atoms with van der Waals surface area (Å²) in [7, 11) is 0. The maximum Gasteiger partial charge on any atom is 0.188 e. The molecule has 0 unspecified atom stereocenters. The molecule has 6 heteroatoms. The molecule has 3 N–H and O–H groups in total. The van der Waals surface area contributed by atoms with Gasteiger partial charge in [0.25, 0.3) is 0 Å². The summed E-state index contributed by atoms with van der Waals surface area (Å²) in [5, 5.41) is 6.58. The van der Waals surface area contributed by atoms with Gasteiger partial charge in [0.1, 0.15) is 0 Å². The smallest absolute Gasteiger partial charge is 0.188 e. The van der Waals surface area contributed by atoms with E-state index < -0.39 is 0 Å². The Kier molecular flexibility index (Phi) is 3.46. The van der Waals surface area contributed by atoms with E-state index in [9.17, 15) is 0 Å². The number of nitrogens with zero attached hydrogens (tertiary/aromatic N) is 3. The highest BCUT2D eigenvalue weighted by Gasteiger charge is 1.93. The molecule has 1 aromatic heterocycles. The van der Waals surface area contributed by atoms with Crippen LogP contribution in [0.5, 0.6) is 0 Å². The molecule has 0 spiro atoms. The van der Waals surface area contributed by atoms with Gasteiger partial charge in [-0.05, 0) is 18.5 Å². The molecule has 0 aliphatic carbocycles. The monoisotopic (exact) mass is 185 g/mol. The molecule has 5 nitrogen and oxygen atoms in total. The molecule has 66 valence electrons. The SMILES string of the molecule is CCNC(N)=NCc1cnns1.